The molecular formula is C15H20N2O3. The number of rotatable bonds is 7. The maximum Gasteiger partial charge on any atom is 0.337 e. The molecule has 2 aromatic rings. The Morgan fingerprint density at radius 1 is 1.40 bits per heavy atom. The molecule has 0 radical (unpaired) electrons. The molecule has 0 aliphatic carbocycles. The average molecular weight is 276 g/mol. The van der Waals surface area contributed by atoms with Crippen molar-refractivity contribution < 1.29 is 15.0 Å². The highest BCUT2D eigenvalue weighted by molar-refractivity contribution is 6.00. The zero-order chi connectivity index (χ0) is 14.5. The fourth-order valence-corrected chi connectivity index (χ4v) is 2.60. The molecule has 1 aromatic carbocycles. The summed E-state index contributed by atoms with van der Waals surface area (Å²) >= 11 is 0. The van der Waals surface area contributed by atoms with Crippen molar-refractivity contribution in [2.24, 2.45) is 5.92 Å². The van der Waals surface area contributed by atoms with Crippen molar-refractivity contribution in [2.45, 2.75) is 32.7 Å². The number of nitrogens with zero attached hydrogens (tertiary/aromatic N) is 2. The van der Waals surface area contributed by atoms with Crippen LogP contribution in [0.2, 0.25) is 0 Å². The average Bonchev–Trinajstić information content (AvgIpc) is 2.82. The van der Waals surface area contributed by atoms with Crippen LogP contribution in [0.25, 0.3) is 11.0 Å². The number of aliphatic hydroxyl groups excluding tert-OH is 1. The highest BCUT2D eigenvalue weighted by Gasteiger charge is 2.14. The second-order valence-electron chi connectivity index (χ2n) is 5.04. The topological polar surface area (TPSA) is 75.3 Å². The van der Waals surface area contributed by atoms with E-state index >= 15 is 0 Å². The Bertz CT molecular complexity index is 586. The third-order valence-corrected chi connectivity index (χ3v) is 3.57. The summed E-state index contributed by atoms with van der Waals surface area (Å²) in [4.78, 5) is 15.4. The van der Waals surface area contributed by atoms with Crippen LogP contribution in [-0.4, -0.2) is 32.3 Å². The second-order valence-corrected chi connectivity index (χ2v) is 5.04. The largest absolute Gasteiger partial charge is 0.478 e. The number of imidazole rings is 1. The summed E-state index contributed by atoms with van der Waals surface area (Å²) in [5.41, 5.74) is 1.60. The molecule has 5 heteroatoms. The van der Waals surface area contributed by atoms with Gasteiger partial charge in [0.1, 0.15) is 5.52 Å². The van der Waals surface area contributed by atoms with E-state index < -0.39 is 5.97 Å². The minimum Gasteiger partial charge on any atom is -0.478 e. The van der Waals surface area contributed by atoms with Crippen molar-refractivity contribution >= 4 is 17.0 Å². The van der Waals surface area contributed by atoms with E-state index in [9.17, 15) is 4.79 Å². The molecule has 0 aliphatic rings. The van der Waals surface area contributed by atoms with Gasteiger partial charge in [-0.3, -0.25) is 0 Å². The predicted octanol–water partition coefficient (Wildman–Crippen LogP) is 2.53. The Morgan fingerprint density at radius 2 is 2.20 bits per heavy atom. The van der Waals surface area contributed by atoms with Crippen molar-refractivity contribution in [3.05, 3.63) is 30.1 Å². The van der Waals surface area contributed by atoms with E-state index in [0.29, 0.717) is 11.4 Å². The molecule has 0 saturated heterocycles. The lowest BCUT2D eigenvalue weighted by atomic mass is 10.00. The quantitative estimate of drug-likeness (QED) is 0.815. The molecular weight excluding hydrogens is 256 g/mol. The first kappa shape index (κ1) is 14.5. The number of hydrogen-bond donors (Lipinski definition) is 2. The normalized spacial score (nSPS) is 12.7. The first-order valence-corrected chi connectivity index (χ1v) is 6.95. The Kier molecular flexibility index (Phi) is 4.74. The van der Waals surface area contributed by atoms with Gasteiger partial charge in [-0.15, -0.1) is 0 Å². The molecule has 1 unspecified atom stereocenters. The van der Waals surface area contributed by atoms with Gasteiger partial charge < -0.3 is 14.8 Å². The summed E-state index contributed by atoms with van der Waals surface area (Å²) in [5, 5.41) is 18.3. The van der Waals surface area contributed by atoms with Gasteiger partial charge in [0.05, 0.1) is 17.4 Å². The van der Waals surface area contributed by atoms with Crippen LogP contribution in [-0.2, 0) is 6.54 Å². The lowest BCUT2D eigenvalue weighted by molar-refractivity contribution is 0.0699. The molecule has 2 N–H and O–H groups in total. The first-order chi connectivity index (χ1) is 9.67. The fraction of sp³-hybridized carbons (Fsp3) is 0.467. The summed E-state index contributed by atoms with van der Waals surface area (Å²) in [6.45, 7) is 3.06. The van der Waals surface area contributed by atoms with Gasteiger partial charge in [0, 0.05) is 13.2 Å². The van der Waals surface area contributed by atoms with E-state index in [-0.39, 0.29) is 12.2 Å². The van der Waals surface area contributed by atoms with Crippen LogP contribution in [0.5, 0.6) is 0 Å². The highest BCUT2D eigenvalue weighted by atomic mass is 16.4. The first-order valence-electron chi connectivity index (χ1n) is 6.95. The zero-order valence-electron chi connectivity index (χ0n) is 11.6. The summed E-state index contributed by atoms with van der Waals surface area (Å²) in [7, 11) is 0. The van der Waals surface area contributed by atoms with Gasteiger partial charge in [-0.1, -0.05) is 19.4 Å². The van der Waals surface area contributed by atoms with E-state index in [1.807, 2.05) is 10.6 Å². The van der Waals surface area contributed by atoms with Crippen LogP contribution in [0.3, 0.4) is 0 Å². The minimum atomic E-state index is -0.957. The number of benzene rings is 1. The van der Waals surface area contributed by atoms with Crippen LogP contribution >= 0.6 is 0 Å². The maximum atomic E-state index is 11.2. The van der Waals surface area contributed by atoms with Crippen molar-refractivity contribution in [3.8, 4) is 0 Å². The minimum absolute atomic E-state index is 0.178. The molecule has 1 aromatic heterocycles. The van der Waals surface area contributed by atoms with E-state index in [2.05, 4.69) is 11.9 Å². The molecule has 5 nitrogen and oxygen atoms in total. The van der Waals surface area contributed by atoms with Gasteiger partial charge in [-0.05, 0) is 30.9 Å². The smallest absolute Gasteiger partial charge is 0.337 e. The Labute approximate surface area is 117 Å². The molecule has 2 rings (SSSR count). The number of carbonyl (C=O) groups is 1. The number of aromatic carboxylic acids is 1. The van der Waals surface area contributed by atoms with E-state index in [1.54, 1.807) is 18.5 Å². The molecule has 0 bridgehead atoms. The van der Waals surface area contributed by atoms with Crippen LogP contribution in [0.15, 0.2) is 24.5 Å². The number of para-hydroxylation sites is 1. The molecule has 0 spiro atoms. The van der Waals surface area contributed by atoms with E-state index in [1.165, 1.54) is 0 Å². The molecule has 20 heavy (non-hydrogen) atoms. The van der Waals surface area contributed by atoms with Crippen molar-refractivity contribution in [1.82, 2.24) is 9.55 Å². The Balaban J connectivity index is 2.31. The summed E-state index contributed by atoms with van der Waals surface area (Å²) < 4.78 is 1.98. The Morgan fingerprint density at radius 3 is 2.85 bits per heavy atom. The summed E-state index contributed by atoms with van der Waals surface area (Å²) in [5.74, 6) is -0.572. The van der Waals surface area contributed by atoms with Crippen LogP contribution in [0.4, 0.5) is 0 Å². The van der Waals surface area contributed by atoms with Gasteiger partial charge in [0.15, 0.2) is 0 Å². The third-order valence-electron chi connectivity index (χ3n) is 3.57. The second kappa shape index (κ2) is 6.52. The summed E-state index contributed by atoms with van der Waals surface area (Å²) in [6.07, 6.45) is 4.56. The van der Waals surface area contributed by atoms with Crippen molar-refractivity contribution in [3.63, 3.8) is 0 Å². The number of hydrogen-bond acceptors (Lipinski definition) is 3. The number of carboxylic acid groups (broad SMARTS) is 1. The van der Waals surface area contributed by atoms with Gasteiger partial charge in [-0.2, -0.15) is 0 Å². The molecule has 0 fully saturated rings. The van der Waals surface area contributed by atoms with Crippen LogP contribution < -0.4 is 0 Å². The number of aliphatic hydroxyl groups is 1. The van der Waals surface area contributed by atoms with Gasteiger partial charge >= 0.3 is 5.97 Å². The Hall–Kier alpha value is -1.88. The molecule has 0 saturated carbocycles. The van der Waals surface area contributed by atoms with Gasteiger partial charge in [0.25, 0.3) is 0 Å². The molecule has 0 aliphatic heterocycles. The third kappa shape index (κ3) is 2.99. The molecule has 1 heterocycles. The predicted molar refractivity (Wildman–Crippen MR) is 76.8 cm³/mol. The van der Waals surface area contributed by atoms with Crippen LogP contribution in [0, 0.1) is 5.92 Å². The molecule has 1 atom stereocenters. The van der Waals surface area contributed by atoms with Gasteiger partial charge in [0.2, 0.25) is 0 Å². The number of carboxylic acids is 1. The highest BCUT2D eigenvalue weighted by Crippen LogP contribution is 2.21. The lowest BCUT2D eigenvalue weighted by Gasteiger charge is -2.16. The van der Waals surface area contributed by atoms with Gasteiger partial charge in [-0.25, -0.2) is 9.78 Å². The monoisotopic (exact) mass is 276 g/mol. The maximum absolute atomic E-state index is 11.2. The van der Waals surface area contributed by atoms with Crippen LogP contribution in [0.1, 0.15) is 36.5 Å². The standard InChI is InChI=1S/C15H20N2O3/c1-2-4-11(7-8-18)9-17-10-16-14-12(15(19)20)5-3-6-13(14)17/h3,5-6,10-11,18H,2,4,7-9H2,1H3,(H,19,20). The fourth-order valence-electron chi connectivity index (χ4n) is 2.60. The zero-order valence-corrected chi connectivity index (χ0v) is 11.6. The van der Waals surface area contributed by atoms with Crippen molar-refractivity contribution in [2.75, 3.05) is 6.61 Å². The number of fused-ring (bicyclic) bond motifs is 1. The van der Waals surface area contributed by atoms with E-state index in [4.69, 9.17) is 10.2 Å². The number of aromatic nitrogens is 2. The van der Waals surface area contributed by atoms with Crippen molar-refractivity contribution in [1.29, 1.82) is 0 Å². The molecule has 108 valence electrons. The summed E-state index contributed by atoms with van der Waals surface area (Å²) in [6, 6.07) is 5.20. The molecule has 0 amide bonds. The SMILES string of the molecule is CCCC(CCO)Cn1cnc2c(C(=O)O)cccc21. The van der Waals surface area contributed by atoms with E-state index in [0.717, 1.165) is 31.3 Å². The lowest BCUT2D eigenvalue weighted by Crippen LogP contribution is -2.11.